The fraction of sp³-hybridized carbons (Fsp3) is 0.565. The quantitative estimate of drug-likeness (QED) is 0.504. The van der Waals surface area contributed by atoms with E-state index in [0.29, 0.717) is 24.1 Å². The second-order valence-corrected chi connectivity index (χ2v) is 9.89. The molecule has 1 aromatic carbocycles. The normalized spacial score (nSPS) is 23.1. The Morgan fingerprint density at radius 1 is 1.15 bits per heavy atom. The molecule has 1 saturated carbocycles. The molecule has 2 aliphatic rings. The first-order valence-electron chi connectivity index (χ1n) is 11.4. The SMILES string of the molecule is CC(C)(C)Nc1ncc2c(n1)N([C@H]1CC[C@H](CN)CC1)C(Nc1cccc(C(F)(F)F)c1)N2. The molecule has 2 heterocycles. The van der Waals surface area contributed by atoms with E-state index in [0.717, 1.165) is 49.3 Å². The van der Waals surface area contributed by atoms with E-state index in [-0.39, 0.29) is 11.6 Å². The van der Waals surface area contributed by atoms with Crippen molar-refractivity contribution in [1.29, 1.82) is 0 Å². The first-order chi connectivity index (χ1) is 15.5. The lowest BCUT2D eigenvalue weighted by molar-refractivity contribution is -0.137. The topological polar surface area (TPSA) is 91.1 Å². The Labute approximate surface area is 192 Å². The Kier molecular flexibility index (Phi) is 6.30. The zero-order valence-electron chi connectivity index (χ0n) is 19.2. The van der Waals surface area contributed by atoms with E-state index in [1.807, 2.05) is 20.8 Å². The van der Waals surface area contributed by atoms with Gasteiger partial charge in [0, 0.05) is 17.3 Å². The van der Waals surface area contributed by atoms with Crippen molar-refractivity contribution in [2.24, 2.45) is 11.7 Å². The number of anilines is 4. The van der Waals surface area contributed by atoms with Gasteiger partial charge in [0.25, 0.3) is 0 Å². The van der Waals surface area contributed by atoms with Gasteiger partial charge >= 0.3 is 6.18 Å². The standard InChI is InChI=1S/C23H32F3N7/c1-22(2,3)32-20-28-13-18-19(31-20)33(17-9-7-14(12-27)8-10-17)21(30-18)29-16-6-4-5-15(11-16)23(24,25)26/h4-6,11,13-14,17,21,29-30H,7-10,12,27H2,1-3H3,(H,28,31,32)/t14-,17-,21?. The molecule has 1 aliphatic heterocycles. The minimum Gasteiger partial charge on any atom is -0.350 e. The molecule has 0 radical (unpaired) electrons. The Bertz CT molecular complexity index is 965. The highest BCUT2D eigenvalue weighted by atomic mass is 19.4. The van der Waals surface area contributed by atoms with Crippen molar-refractivity contribution in [3.63, 3.8) is 0 Å². The average molecular weight is 464 g/mol. The molecule has 33 heavy (non-hydrogen) atoms. The number of hydrogen-bond donors (Lipinski definition) is 4. The second kappa shape index (κ2) is 8.89. The molecule has 0 spiro atoms. The van der Waals surface area contributed by atoms with Gasteiger partial charge < -0.3 is 26.6 Å². The molecule has 1 aromatic heterocycles. The zero-order valence-corrected chi connectivity index (χ0v) is 19.2. The number of alkyl halides is 3. The number of hydrogen-bond acceptors (Lipinski definition) is 7. The summed E-state index contributed by atoms with van der Waals surface area (Å²) in [7, 11) is 0. The predicted octanol–water partition coefficient (Wildman–Crippen LogP) is 4.85. The number of nitrogens with zero attached hydrogens (tertiary/aromatic N) is 3. The van der Waals surface area contributed by atoms with Gasteiger partial charge in [-0.25, -0.2) is 4.98 Å². The molecular formula is C23H32F3N7. The van der Waals surface area contributed by atoms with Crippen LogP contribution in [0.1, 0.15) is 52.0 Å². The lowest BCUT2D eigenvalue weighted by Crippen LogP contribution is -2.49. The van der Waals surface area contributed by atoms with Crippen LogP contribution < -0.4 is 26.6 Å². The summed E-state index contributed by atoms with van der Waals surface area (Å²) in [4.78, 5) is 11.4. The summed E-state index contributed by atoms with van der Waals surface area (Å²) in [6.45, 7) is 6.78. The molecule has 0 bridgehead atoms. The van der Waals surface area contributed by atoms with E-state index in [2.05, 4.69) is 25.8 Å². The number of nitrogens with two attached hydrogens (primary N) is 1. The van der Waals surface area contributed by atoms with Crippen molar-refractivity contribution in [2.75, 3.05) is 27.4 Å². The van der Waals surface area contributed by atoms with Crippen LogP contribution in [0.15, 0.2) is 30.5 Å². The Morgan fingerprint density at radius 2 is 1.88 bits per heavy atom. The molecule has 5 N–H and O–H groups in total. The van der Waals surface area contributed by atoms with Gasteiger partial charge in [-0.15, -0.1) is 0 Å². The molecule has 7 nitrogen and oxygen atoms in total. The van der Waals surface area contributed by atoms with E-state index in [4.69, 9.17) is 10.7 Å². The van der Waals surface area contributed by atoms with Crippen LogP contribution in [0.25, 0.3) is 0 Å². The van der Waals surface area contributed by atoms with Gasteiger partial charge in [0.2, 0.25) is 5.95 Å². The number of nitrogens with one attached hydrogen (secondary N) is 3. The summed E-state index contributed by atoms with van der Waals surface area (Å²) in [5.74, 6) is 1.77. The van der Waals surface area contributed by atoms with Crippen LogP contribution in [0.2, 0.25) is 0 Å². The Balaban J connectivity index is 1.63. The summed E-state index contributed by atoms with van der Waals surface area (Å²) >= 11 is 0. The van der Waals surface area contributed by atoms with E-state index < -0.39 is 18.0 Å². The van der Waals surface area contributed by atoms with Crippen LogP contribution in [-0.2, 0) is 6.18 Å². The minimum absolute atomic E-state index is 0.183. The first-order valence-corrected chi connectivity index (χ1v) is 11.4. The molecule has 180 valence electrons. The fourth-order valence-electron chi connectivity index (χ4n) is 4.50. The second-order valence-electron chi connectivity index (χ2n) is 9.89. The van der Waals surface area contributed by atoms with Gasteiger partial charge in [0.15, 0.2) is 12.1 Å². The lowest BCUT2D eigenvalue weighted by atomic mass is 9.85. The molecule has 0 amide bonds. The van der Waals surface area contributed by atoms with Crippen LogP contribution in [0.3, 0.4) is 0 Å². The summed E-state index contributed by atoms with van der Waals surface area (Å²) in [5, 5.41) is 9.90. The minimum atomic E-state index is -4.40. The highest BCUT2D eigenvalue weighted by Gasteiger charge is 2.38. The van der Waals surface area contributed by atoms with Crippen molar-refractivity contribution in [3.05, 3.63) is 36.0 Å². The van der Waals surface area contributed by atoms with Gasteiger partial charge in [-0.2, -0.15) is 18.2 Å². The third kappa shape index (κ3) is 5.43. The van der Waals surface area contributed by atoms with Crippen molar-refractivity contribution in [1.82, 2.24) is 9.97 Å². The van der Waals surface area contributed by atoms with Gasteiger partial charge in [-0.1, -0.05) is 6.07 Å². The monoisotopic (exact) mass is 463 g/mol. The largest absolute Gasteiger partial charge is 0.416 e. The average Bonchev–Trinajstić information content (AvgIpc) is 3.09. The predicted molar refractivity (Wildman–Crippen MR) is 125 cm³/mol. The maximum absolute atomic E-state index is 13.2. The van der Waals surface area contributed by atoms with E-state index in [9.17, 15) is 13.2 Å². The molecule has 0 saturated heterocycles. The molecule has 4 rings (SSSR count). The summed E-state index contributed by atoms with van der Waals surface area (Å²) < 4.78 is 39.7. The molecule has 2 aromatic rings. The third-order valence-electron chi connectivity index (χ3n) is 6.11. The van der Waals surface area contributed by atoms with E-state index in [1.54, 1.807) is 12.3 Å². The number of aromatic nitrogens is 2. The highest BCUT2D eigenvalue weighted by Crippen LogP contribution is 2.40. The Hall–Kier alpha value is -2.75. The van der Waals surface area contributed by atoms with Crippen molar-refractivity contribution >= 4 is 23.1 Å². The molecule has 1 atom stereocenters. The zero-order chi connectivity index (χ0) is 23.8. The maximum atomic E-state index is 13.2. The fourth-order valence-corrected chi connectivity index (χ4v) is 4.50. The van der Waals surface area contributed by atoms with E-state index in [1.165, 1.54) is 6.07 Å². The number of halogens is 3. The molecular weight excluding hydrogens is 431 g/mol. The van der Waals surface area contributed by atoms with Crippen LogP contribution >= 0.6 is 0 Å². The summed E-state index contributed by atoms with van der Waals surface area (Å²) in [5.41, 5.74) is 6.12. The smallest absolute Gasteiger partial charge is 0.350 e. The summed E-state index contributed by atoms with van der Waals surface area (Å²) in [6, 6.07) is 5.44. The Morgan fingerprint density at radius 3 is 2.52 bits per heavy atom. The van der Waals surface area contributed by atoms with Crippen LogP contribution in [0.4, 0.5) is 36.3 Å². The van der Waals surface area contributed by atoms with Crippen molar-refractivity contribution in [2.45, 2.75) is 70.5 Å². The van der Waals surface area contributed by atoms with Crippen molar-refractivity contribution < 1.29 is 13.2 Å². The van der Waals surface area contributed by atoms with Gasteiger partial charge in [0.05, 0.1) is 17.4 Å². The molecule has 1 unspecified atom stereocenters. The van der Waals surface area contributed by atoms with Crippen LogP contribution in [-0.4, -0.2) is 34.4 Å². The van der Waals surface area contributed by atoms with Gasteiger partial charge in [-0.3, -0.25) is 0 Å². The maximum Gasteiger partial charge on any atom is 0.416 e. The van der Waals surface area contributed by atoms with Crippen molar-refractivity contribution in [3.8, 4) is 0 Å². The van der Waals surface area contributed by atoms with Crippen LogP contribution in [0.5, 0.6) is 0 Å². The molecule has 1 fully saturated rings. The van der Waals surface area contributed by atoms with E-state index >= 15 is 0 Å². The highest BCUT2D eigenvalue weighted by molar-refractivity contribution is 5.74. The third-order valence-corrected chi connectivity index (χ3v) is 6.11. The van der Waals surface area contributed by atoms with Gasteiger partial charge in [0.1, 0.15) is 0 Å². The molecule has 10 heteroatoms. The number of fused-ring (bicyclic) bond motifs is 1. The lowest BCUT2D eigenvalue weighted by Gasteiger charge is -2.38. The van der Waals surface area contributed by atoms with Gasteiger partial charge in [-0.05, 0) is 77.1 Å². The first kappa shape index (κ1) is 23.4. The summed E-state index contributed by atoms with van der Waals surface area (Å²) in [6.07, 6.45) is 0.794. The molecule has 1 aliphatic carbocycles. The number of rotatable bonds is 5. The van der Waals surface area contributed by atoms with Crippen LogP contribution in [0, 0.1) is 5.92 Å². The number of benzene rings is 1.